The summed E-state index contributed by atoms with van der Waals surface area (Å²) in [6, 6.07) is 10.1. The van der Waals surface area contributed by atoms with Gasteiger partial charge in [0.1, 0.15) is 0 Å². The number of aromatic amines is 1. The first-order valence-corrected chi connectivity index (χ1v) is 10.1. The number of aldehydes is 1. The molecule has 0 bridgehead atoms. The van der Waals surface area contributed by atoms with Gasteiger partial charge in [0, 0.05) is 17.3 Å². The van der Waals surface area contributed by atoms with Crippen LogP contribution in [0, 0.1) is 6.92 Å². The summed E-state index contributed by atoms with van der Waals surface area (Å²) in [5, 5.41) is 0.361. The minimum absolute atomic E-state index is 0.0198. The van der Waals surface area contributed by atoms with Gasteiger partial charge in [0.25, 0.3) is 5.56 Å². The van der Waals surface area contributed by atoms with Crippen molar-refractivity contribution in [2.24, 2.45) is 0 Å². The van der Waals surface area contributed by atoms with Crippen LogP contribution in [0.2, 0.25) is 5.02 Å². The van der Waals surface area contributed by atoms with E-state index in [2.05, 4.69) is 15.0 Å². The molecule has 0 fully saturated rings. The van der Waals surface area contributed by atoms with Crippen LogP contribution in [0.5, 0.6) is 0 Å². The molecule has 0 saturated heterocycles. The summed E-state index contributed by atoms with van der Waals surface area (Å²) in [6.45, 7) is 5.81. The minimum atomic E-state index is -0.625. The largest absolute Gasteiger partial charge is 0.334 e. The third-order valence-corrected chi connectivity index (χ3v) is 5.39. The van der Waals surface area contributed by atoms with Gasteiger partial charge in [-0.3, -0.25) is 19.6 Å². The van der Waals surface area contributed by atoms with Crippen molar-refractivity contribution < 1.29 is 4.79 Å². The highest BCUT2D eigenvalue weighted by atomic mass is 35.5. The highest BCUT2D eigenvalue weighted by molar-refractivity contribution is 6.33. The van der Waals surface area contributed by atoms with Crippen molar-refractivity contribution in [2.45, 2.75) is 26.7 Å². The molecule has 0 aliphatic carbocycles. The van der Waals surface area contributed by atoms with E-state index in [1.54, 1.807) is 36.5 Å². The number of H-pyrrole nitrogens is 1. The number of fused-ring (bicyclic) bond motifs is 1. The topological polar surface area (TPSA) is 97.7 Å². The Morgan fingerprint density at radius 1 is 1.16 bits per heavy atom. The maximum Gasteiger partial charge on any atom is 0.334 e. The van der Waals surface area contributed by atoms with Crippen LogP contribution in [0.1, 0.15) is 41.4 Å². The molecule has 0 amide bonds. The zero-order chi connectivity index (χ0) is 22.3. The van der Waals surface area contributed by atoms with Crippen LogP contribution in [0.15, 0.2) is 52.2 Å². The number of carbonyl (C=O) groups is 1. The average molecular weight is 435 g/mol. The van der Waals surface area contributed by atoms with E-state index in [1.807, 2.05) is 20.8 Å². The van der Waals surface area contributed by atoms with E-state index in [0.29, 0.717) is 34.5 Å². The van der Waals surface area contributed by atoms with Crippen LogP contribution >= 0.6 is 11.6 Å². The van der Waals surface area contributed by atoms with E-state index in [-0.39, 0.29) is 22.0 Å². The van der Waals surface area contributed by atoms with Crippen molar-refractivity contribution >= 4 is 28.9 Å². The van der Waals surface area contributed by atoms with Gasteiger partial charge in [0.2, 0.25) is 0 Å². The number of halogens is 1. The molecule has 0 aliphatic heterocycles. The maximum absolute atomic E-state index is 13.0. The highest BCUT2D eigenvalue weighted by Gasteiger charge is 2.21. The summed E-state index contributed by atoms with van der Waals surface area (Å²) < 4.78 is 1.36. The molecular formula is C23H19ClN4O3. The molecule has 1 N–H and O–H groups in total. The van der Waals surface area contributed by atoms with Crippen molar-refractivity contribution in [1.82, 2.24) is 19.5 Å². The second-order valence-corrected chi connectivity index (χ2v) is 7.91. The third kappa shape index (κ3) is 3.47. The summed E-state index contributed by atoms with van der Waals surface area (Å²) >= 11 is 6.46. The Morgan fingerprint density at radius 2 is 1.90 bits per heavy atom. The van der Waals surface area contributed by atoms with Crippen LogP contribution in [0.3, 0.4) is 0 Å². The number of carbonyl (C=O) groups excluding carboxylic acids is 1. The normalized spacial score (nSPS) is 11.3. The van der Waals surface area contributed by atoms with E-state index in [1.165, 1.54) is 10.6 Å². The molecule has 0 aliphatic rings. The summed E-state index contributed by atoms with van der Waals surface area (Å²) in [7, 11) is 0. The lowest BCUT2D eigenvalue weighted by Crippen LogP contribution is -2.31. The maximum atomic E-state index is 13.0. The molecule has 0 saturated carbocycles. The van der Waals surface area contributed by atoms with Gasteiger partial charge in [-0.25, -0.2) is 14.3 Å². The van der Waals surface area contributed by atoms with Gasteiger partial charge in [0.15, 0.2) is 11.9 Å². The van der Waals surface area contributed by atoms with Gasteiger partial charge in [0.05, 0.1) is 27.5 Å². The number of benzene rings is 1. The standard InChI is InChI=1S/C23H19ClN4O3/c1-12(2)18-20(13(3)8-9-25-18)28-21-16(22(30)27-23(28)31)10-17(24)19(26-21)15-7-5-4-6-14(15)11-29/h4-12H,1-3H3,(H,27,30,31). The Morgan fingerprint density at radius 3 is 2.61 bits per heavy atom. The molecule has 156 valence electrons. The molecule has 0 spiro atoms. The monoisotopic (exact) mass is 434 g/mol. The summed E-state index contributed by atoms with van der Waals surface area (Å²) in [4.78, 5) is 48.5. The predicted octanol–water partition coefficient (Wildman–Crippen LogP) is 4.03. The van der Waals surface area contributed by atoms with Gasteiger partial charge < -0.3 is 0 Å². The van der Waals surface area contributed by atoms with Crippen LogP contribution in [0.25, 0.3) is 28.0 Å². The van der Waals surface area contributed by atoms with Crippen LogP contribution in [-0.4, -0.2) is 25.8 Å². The highest BCUT2D eigenvalue weighted by Crippen LogP contribution is 2.31. The molecule has 7 nitrogen and oxygen atoms in total. The lowest BCUT2D eigenvalue weighted by molar-refractivity contribution is 0.112. The number of pyridine rings is 2. The van der Waals surface area contributed by atoms with Gasteiger partial charge in [-0.1, -0.05) is 49.7 Å². The van der Waals surface area contributed by atoms with E-state index in [4.69, 9.17) is 11.6 Å². The fraction of sp³-hybridized carbons (Fsp3) is 0.174. The van der Waals surface area contributed by atoms with Crippen LogP contribution in [0.4, 0.5) is 0 Å². The number of nitrogens with one attached hydrogen (secondary N) is 1. The Labute approximate surface area is 182 Å². The molecule has 31 heavy (non-hydrogen) atoms. The summed E-state index contributed by atoms with van der Waals surface area (Å²) in [6.07, 6.45) is 2.40. The molecule has 0 atom stereocenters. The van der Waals surface area contributed by atoms with Crippen LogP contribution < -0.4 is 11.2 Å². The first-order chi connectivity index (χ1) is 14.8. The Bertz CT molecular complexity index is 1450. The van der Waals surface area contributed by atoms with E-state index in [0.717, 1.165) is 5.56 Å². The van der Waals surface area contributed by atoms with E-state index >= 15 is 0 Å². The van der Waals surface area contributed by atoms with Gasteiger partial charge in [-0.2, -0.15) is 0 Å². The van der Waals surface area contributed by atoms with Crippen molar-refractivity contribution in [3.8, 4) is 16.9 Å². The number of hydrogen-bond acceptors (Lipinski definition) is 5. The predicted molar refractivity (Wildman–Crippen MR) is 120 cm³/mol. The van der Waals surface area contributed by atoms with Crippen molar-refractivity contribution in [3.63, 3.8) is 0 Å². The van der Waals surface area contributed by atoms with Gasteiger partial charge >= 0.3 is 5.69 Å². The zero-order valence-electron chi connectivity index (χ0n) is 17.1. The molecule has 1 aromatic carbocycles. The summed E-state index contributed by atoms with van der Waals surface area (Å²) in [5.74, 6) is 0.0198. The molecule has 3 heterocycles. The van der Waals surface area contributed by atoms with E-state index in [9.17, 15) is 14.4 Å². The minimum Gasteiger partial charge on any atom is -0.298 e. The lowest BCUT2D eigenvalue weighted by Gasteiger charge is -2.18. The molecular weight excluding hydrogens is 416 g/mol. The first-order valence-electron chi connectivity index (χ1n) is 9.69. The van der Waals surface area contributed by atoms with Crippen molar-refractivity contribution in [3.05, 3.63) is 85.3 Å². The Kier molecular flexibility index (Phi) is 5.29. The molecule has 3 aromatic heterocycles. The molecule has 0 radical (unpaired) electrons. The van der Waals surface area contributed by atoms with Crippen molar-refractivity contribution in [2.75, 3.05) is 0 Å². The number of aryl methyl sites for hydroxylation is 1. The summed E-state index contributed by atoms with van der Waals surface area (Å²) in [5.41, 5.74) is 2.21. The quantitative estimate of drug-likeness (QED) is 0.489. The fourth-order valence-electron chi connectivity index (χ4n) is 3.63. The second-order valence-electron chi connectivity index (χ2n) is 7.51. The second kappa shape index (κ2) is 7.92. The number of rotatable bonds is 4. The van der Waals surface area contributed by atoms with Gasteiger partial charge in [-0.05, 0) is 30.5 Å². The first kappa shape index (κ1) is 20.7. The molecule has 4 rings (SSSR count). The van der Waals surface area contributed by atoms with E-state index < -0.39 is 11.2 Å². The smallest absolute Gasteiger partial charge is 0.298 e. The van der Waals surface area contributed by atoms with Crippen LogP contribution in [-0.2, 0) is 0 Å². The number of hydrogen-bond donors (Lipinski definition) is 1. The zero-order valence-corrected chi connectivity index (χ0v) is 17.9. The molecule has 0 unspecified atom stereocenters. The molecule has 4 aromatic rings. The number of nitrogens with zero attached hydrogens (tertiary/aromatic N) is 3. The third-order valence-electron chi connectivity index (χ3n) is 5.10. The SMILES string of the molecule is Cc1ccnc(C(C)C)c1-n1c(=O)[nH]c(=O)c2cc(Cl)c(-c3ccccc3C=O)nc21. The average Bonchev–Trinajstić information content (AvgIpc) is 2.74. The Balaban J connectivity index is 2.18. The fourth-order valence-corrected chi connectivity index (χ4v) is 3.88. The van der Waals surface area contributed by atoms with Gasteiger partial charge in [-0.15, -0.1) is 0 Å². The lowest BCUT2D eigenvalue weighted by atomic mass is 10.0. The number of aromatic nitrogens is 4. The Hall–Kier alpha value is -3.58. The van der Waals surface area contributed by atoms with Crippen molar-refractivity contribution in [1.29, 1.82) is 0 Å². The molecule has 8 heteroatoms.